The second kappa shape index (κ2) is 7.13. The van der Waals surface area contributed by atoms with Gasteiger partial charge in [-0.05, 0) is 11.6 Å². The van der Waals surface area contributed by atoms with Crippen LogP contribution in [0, 0.1) is 0 Å². The summed E-state index contributed by atoms with van der Waals surface area (Å²) in [4.78, 5) is 9.33. The van der Waals surface area contributed by atoms with Crippen molar-refractivity contribution >= 4 is 0 Å². The van der Waals surface area contributed by atoms with Gasteiger partial charge in [-0.25, -0.2) is 0 Å². The largest absolute Gasteiger partial charge is 0.379 e. The first-order valence-corrected chi connectivity index (χ1v) is 7.46. The van der Waals surface area contributed by atoms with Gasteiger partial charge in [0.05, 0.1) is 32.6 Å². The number of rotatable bonds is 4. The Kier molecular flexibility index (Phi) is 4.97. The van der Waals surface area contributed by atoms with E-state index in [0.717, 1.165) is 59.0 Å². The van der Waals surface area contributed by atoms with E-state index >= 15 is 0 Å². The molecule has 3 heterocycles. The first-order valence-electron chi connectivity index (χ1n) is 7.46. The van der Waals surface area contributed by atoms with E-state index in [4.69, 9.17) is 9.47 Å². The highest BCUT2D eigenvalue weighted by atomic mass is 16.5. The Morgan fingerprint density at radius 1 is 1.00 bits per heavy atom. The Labute approximate surface area is 120 Å². The van der Waals surface area contributed by atoms with Gasteiger partial charge in [0.15, 0.2) is 0 Å². The van der Waals surface area contributed by atoms with E-state index in [0.29, 0.717) is 6.17 Å². The highest BCUT2D eigenvalue weighted by molar-refractivity contribution is 5.10. The van der Waals surface area contributed by atoms with Crippen LogP contribution >= 0.6 is 0 Å². The van der Waals surface area contributed by atoms with Gasteiger partial charge in [-0.3, -0.25) is 14.8 Å². The summed E-state index contributed by atoms with van der Waals surface area (Å²) in [6.45, 7) is 7.43. The average molecular weight is 277 g/mol. The molecule has 0 saturated carbocycles. The van der Waals surface area contributed by atoms with E-state index < -0.39 is 0 Å². The second-order valence-corrected chi connectivity index (χ2v) is 5.34. The molecule has 3 rings (SSSR count). The molecular formula is C15H23N3O2. The normalized spacial score (nSPS) is 22.2. The van der Waals surface area contributed by atoms with Gasteiger partial charge < -0.3 is 9.47 Å². The molecule has 1 aromatic heterocycles. The number of pyridine rings is 1. The second-order valence-electron chi connectivity index (χ2n) is 5.34. The van der Waals surface area contributed by atoms with Crippen LogP contribution in [0.2, 0.25) is 0 Å². The van der Waals surface area contributed by atoms with Crippen molar-refractivity contribution < 1.29 is 9.47 Å². The molecule has 0 amide bonds. The number of nitrogens with zero attached hydrogens (tertiary/aromatic N) is 3. The summed E-state index contributed by atoms with van der Waals surface area (Å²) >= 11 is 0. The molecular weight excluding hydrogens is 254 g/mol. The fraction of sp³-hybridized carbons (Fsp3) is 0.667. The topological polar surface area (TPSA) is 37.8 Å². The zero-order valence-electron chi connectivity index (χ0n) is 11.9. The van der Waals surface area contributed by atoms with E-state index in [2.05, 4.69) is 20.9 Å². The Morgan fingerprint density at radius 3 is 2.10 bits per heavy atom. The van der Waals surface area contributed by atoms with Crippen LogP contribution in [0.15, 0.2) is 24.5 Å². The van der Waals surface area contributed by atoms with E-state index in [1.54, 1.807) is 0 Å². The van der Waals surface area contributed by atoms with Crippen molar-refractivity contribution in [3.8, 4) is 0 Å². The van der Waals surface area contributed by atoms with Gasteiger partial charge >= 0.3 is 0 Å². The van der Waals surface area contributed by atoms with Crippen LogP contribution in [-0.2, 0) is 15.9 Å². The quantitative estimate of drug-likeness (QED) is 0.806. The molecule has 110 valence electrons. The van der Waals surface area contributed by atoms with Gasteiger partial charge in [-0.2, -0.15) is 0 Å². The third-order valence-corrected chi connectivity index (χ3v) is 4.08. The van der Waals surface area contributed by atoms with Gasteiger partial charge in [-0.15, -0.1) is 0 Å². The predicted molar refractivity (Wildman–Crippen MR) is 76.5 cm³/mol. The molecule has 2 saturated heterocycles. The highest BCUT2D eigenvalue weighted by Gasteiger charge is 2.28. The van der Waals surface area contributed by atoms with Gasteiger partial charge in [-0.1, -0.05) is 6.07 Å². The molecule has 0 atom stereocenters. The lowest BCUT2D eigenvalue weighted by Gasteiger charge is -2.42. The van der Waals surface area contributed by atoms with Crippen molar-refractivity contribution in [1.29, 1.82) is 0 Å². The molecule has 0 spiro atoms. The predicted octanol–water partition coefficient (Wildman–Crippen LogP) is 0.615. The Hall–Kier alpha value is -1.01. The maximum atomic E-state index is 5.49. The van der Waals surface area contributed by atoms with Crippen molar-refractivity contribution in [2.75, 3.05) is 52.6 Å². The monoisotopic (exact) mass is 277 g/mol. The summed E-state index contributed by atoms with van der Waals surface area (Å²) in [5.41, 5.74) is 1.30. The number of hydrogen-bond acceptors (Lipinski definition) is 5. The summed E-state index contributed by atoms with van der Waals surface area (Å²) in [7, 11) is 0. The van der Waals surface area contributed by atoms with Gasteiger partial charge in [0.25, 0.3) is 0 Å². The molecule has 2 aliphatic rings. The molecule has 0 aliphatic carbocycles. The summed E-state index contributed by atoms with van der Waals surface area (Å²) in [5.74, 6) is 0. The lowest BCUT2D eigenvalue weighted by molar-refractivity contribution is -0.0654. The minimum atomic E-state index is 0.437. The van der Waals surface area contributed by atoms with E-state index in [9.17, 15) is 0 Å². The van der Waals surface area contributed by atoms with Crippen LogP contribution in [0.3, 0.4) is 0 Å². The summed E-state index contributed by atoms with van der Waals surface area (Å²) in [6, 6.07) is 4.19. The molecule has 0 radical (unpaired) electrons. The first-order chi connectivity index (χ1) is 9.93. The highest BCUT2D eigenvalue weighted by Crippen LogP contribution is 2.16. The van der Waals surface area contributed by atoms with Crippen molar-refractivity contribution in [1.82, 2.24) is 14.8 Å². The fourth-order valence-electron chi connectivity index (χ4n) is 2.97. The van der Waals surface area contributed by atoms with Crippen molar-refractivity contribution in [2.45, 2.75) is 12.6 Å². The number of hydrogen-bond donors (Lipinski definition) is 0. The van der Waals surface area contributed by atoms with Crippen molar-refractivity contribution in [3.05, 3.63) is 30.1 Å². The molecule has 0 bridgehead atoms. The lowest BCUT2D eigenvalue weighted by Crippen LogP contribution is -2.56. The summed E-state index contributed by atoms with van der Waals surface area (Å²) in [5, 5.41) is 0. The Balaban J connectivity index is 1.71. The first kappa shape index (κ1) is 13.9. The maximum absolute atomic E-state index is 5.49. The van der Waals surface area contributed by atoms with Crippen LogP contribution in [0.5, 0.6) is 0 Å². The van der Waals surface area contributed by atoms with Crippen LogP contribution in [0.1, 0.15) is 5.56 Å². The van der Waals surface area contributed by atoms with Gasteiger partial charge in [0.2, 0.25) is 0 Å². The minimum absolute atomic E-state index is 0.437. The third kappa shape index (κ3) is 3.55. The molecule has 2 fully saturated rings. The number of morpholine rings is 2. The summed E-state index contributed by atoms with van der Waals surface area (Å²) in [6.07, 6.45) is 5.27. The Bertz CT molecular complexity index is 371. The lowest BCUT2D eigenvalue weighted by atomic mass is 10.1. The average Bonchev–Trinajstić information content (AvgIpc) is 2.55. The van der Waals surface area contributed by atoms with Crippen LogP contribution in [0.25, 0.3) is 0 Å². The number of ether oxygens (including phenoxy) is 2. The van der Waals surface area contributed by atoms with Crippen LogP contribution < -0.4 is 0 Å². The standard InChI is InChI=1S/C15H23N3O2/c1-2-14(13-16-3-1)12-15(17-4-8-19-9-5-17)18-6-10-20-11-7-18/h1-3,13,15H,4-12H2. The zero-order chi connectivity index (χ0) is 13.6. The summed E-state index contributed by atoms with van der Waals surface area (Å²) < 4.78 is 11.0. The molecule has 1 aromatic rings. The van der Waals surface area contributed by atoms with Crippen molar-refractivity contribution in [2.24, 2.45) is 0 Å². The van der Waals surface area contributed by atoms with Gasteiger partial charge in [0.1, 0.15) is 0 Å². The van der Waals surface area contributed by atoms with Gasteiger partial charge in [0, 0.05) is 45.0 Å². The molecule has 2 aliphatic heterocycles. The SMILES string of the molecule is c1cncc(CC(N2CCOCC2)N2CCOCC2)c1. The molecule has 0 unspecified atom stereocenters. The van der Waals surface area contributed by atoms with Crippen molar-refractivity contribution in [3.63, 3.8) is 0 Å². The number of aromatic nitrogens is 1. The fourth-order valence-corrected chi connectivity index (χ4v) is 2.97. The Morgan fingerprint density at radius 2 is 1.60 bits per heavy atom. The smallest absolute Gasteiger partial charge is 0.0667 e. The van der Waals surface area contributed by atoms with E-state index in [-0.39, 0.29) is 0 Å². The third-order valence-electron chi connectivity index (χ3n) is 4.08. The molecule has 20 heavy (non-hydrogen) atoms. The molecule has 0 N–H and O–H groups in total. The molecule has 5 heteroatoms. The molecule has 5 nitrogen and oxygen atoms in total. The van der Waals surface area contributed by atoms with Crippen LogP contribution in [-0.4, -0.2) is 73.6 Å². The maximum Gasteiger partial charge on any atom is 0.0667 e. The molecule has 0 aromatic carbocycles. The van der Waals surface area contributed by atoms with E-state index in [1.165, 1.54) is 5.56 Å². The zero-order valence-corrected chi connectivity index (χ0v) is 11.9. The van der Waals surface area contributed by atoms with Crippen LogP contribution in [0.4, 0.5) is 0 Å². The van der Waals surface area contributed by atoms with E-state index in [1.807, 2.05) is 18.5 Å². The minimum Gasteiger partial charge on any atom is -0.379 e.